The van der Waals surface area contributed by atoms with Gasteiger partial charge in [-0.05, 0) is 67.4 Å². The quantitative estimate of drug-likeness (QED) is 0.468. The van der Waals surface area contributed by atoms with Crippen LogP contribution < -0.4 is 0 Å². The number of terminal acetylenes is 1. The van der Waals surface area contributed by atoms with Crippen molar-refractivity contribution in [2.45, 2.75) is 63.9 Å². The second-order valence-corrected chi connectivity index (χ2v) is 8.00. The summed E-state index contributed by atoms with van der Waals surface area (Å²) >= 11 is 0. The van der Waals surface area contributed by atoms with E-state index in [1.165, 1.54) is 24.0 Å². The minimum absolute atomic E-state index is 0.00733. The average molecular weight is 306 g/mol. The van der Waals surface area contributed by atoms with E-state index >= 15 is 0 Å². The van der Waals surface area contributed by atoms with Gasteiger partial charge in [-0.1, -0.05) is 37.3 Å². The summed E-state index contributed by atoms with van der Waals surface area (Å²) in [5, 5.41) is 0. The lowest BCUT2D eigenvalue weighted by Gasteiger charge is -2.58. The summed E-state index contributed by atoms with van der Waals surface area (Å²) in [7, 11) is 0. The number of rotatable bonds is 0. The lowest BCUT2D eigenvalue weighted by atomic mass is 9.46. The predicted molar refractivity (Wildman–Crippen MR) is 93.5 cm³/mol. The molecule has 0 bridgehead atoms. The number of hydrogen-bond acceptors (Lipinski definition) is 1. The molecule has 1 spiro atoms. The lowest BCUT2D eigenvalue weighted by molar-refractivity contribution is -0.0369. The van der Waals surface area contributed by atoms with E-state index < -0.39 is 0 Å². The van der Waals surface area contributed by atoms with Gasteiger partial charge >= 0.3 is 0 Å². The van der Waals surface area contributed by atoms with E-state index in [-0.39, 0.29) is 16.4 Å². The van der Waals surface area contributed by atoms with Crippen LogP contribution in [0.5, 0.6) is 0 Å². The van der Waals surface area contributed by atoms with Gasteiger partial charge in [-0.2, -0.15) is 0 Å². The molecule has 120 valence electrons. The van der Waals surface area contributed by atoms with E-state index in [0.29, 0.717) is 5.92 Å². The Morgan fingerprint density at radius 3 is 2.96 bits per heavy atom. The van der Waals surface area contributed by atoms with E-state index in [0.717, 1.165) is 45.1 Å². The topological polar surface area (TPSA) is 9.23 Å². The molecule has 1 heteroatoms. The van der Waals surface area contributed by atoms with Crippen LogP contribution in [0.1, 0.15) is 58.3 Å². The zero-order valence-corrected chi connectivity index (χ0v) is 14.2. The fourth-order valence-electron chi connectivity index (χ4n) is 5.71. The number of ether oxygens (including phenoxy) is 1. The van der Waals surface area contributed by atoms with Crippen LogP contribution in [0, 0.1) is 40.9 Å². The van der Waals surface area contributed by atoms with Crippen molar-refractivity contribution in [1.29, 1.82) is 0 Å². The molecule has 3 aliphatic carbocycles. The Labute approximate surface area is 140 Å². The molecule has 4 rings (SSSR count). The zero-order chi connectivity index (χ0) is 16.1. The Hall–Kier alpha value is -1.44. The molecule has 4 atom stereocenters. The van der Waals surface area contributed by atoms with Gasteiger partial charge in [0.25, 0.3) is 0 Å². The highest BCUT2D eigenvalue weighted by Crippen LogP contribution is 2.64. The van der Waals surface area contributed by atoms with E-state index in [4.69, 9.17) is 11.2 Å². The molecule has 0 aromatic carbocycles. The normalized spacial score (nSPS) is 45.1. The van der Waals surface area contributed by atoms with Gasteiger partial charge in [-0.3, -0.25) is 0 Å². The van der Waals surface area contributed by atoms with Gasteiger partial charge in [0.15, 0.2) is 0 Å². The Bertz CT molecular complexity index is 681. The van der Waals surface area contributed by atoms with Crippen LogP contribution in [0.25, 0.3) is 0 Å². The minimum atomic E-state index is -0.381. The van der Waals surface area contributed by atoms with Gasteiger partial charge in [-0.25, -0.2) is 0 Å². The molecule has 2 fully saturated rings. The smallest absolute Gasteiger partial charge is 0.150 e. The van der Waals surface area contributed by atoms with Crippen LogP contribution in [0.3, 0.4) is 0 Å². The van der Waals surface area contributed by atoms with Gasteiger partial charge in [0.05, 0.1) is 12.0 Å². The zero-order valence-electron chi connectivity index (χ0n) is 14.2. The maximum atomic E-state index is 6.17. The van der Waals surface area contributed by atoms with Gasteiger partial charge < -0.3 is 4.74 Å². The molecule has 0 aromatic rings. The van der Waals surface area contributed by atoms with Crippen molar-refractivity contribution >= 4 is 0 Å². The van der Waals surface area contributed by atoms with Gasteiger partial charge in [-0.15, -0.1) is 6.42 Å². The Balaban J connectivity index is 1.76. The fraction of sp³-hybridized carbons (Fsp3) is 0.636. The molecule has 1 heterocycles. The molecular weight excluding hydrogens is 280 g/mol. The van der Waals surface area contributed by atoms with Crippen molar-refractivity contribution in [3.8, 4) is 24.2 Å². The summed E-state index contributed by atoms with van der Waals surface area (Å²) in [6, 6.07) is 0. The maximum Gasteiger partial charge on any atom is 0.150 e. The lowest BCUT2D eigenvalue weighted by Crippen LogP contribution is -2.53. The standard InChI is InChI=1S/C22H26O/c1-4-21-11-6-5-9-19(21)20(3)14-15-22(12-7-8-16-23-22)17(2)18(20)10-13-21/h1,9,18H,2,5-6,8,10-11,13-16H2,3H3/t18-,20-,21+,22?/m0/s1. The predicted octanol–water partition coefficient (Wildman–Crippen LogP) is 4.65. The van der Waals surface area contributed by atoms with Crippen LogP contribution in [-0.4, -0.2) is 12.2 Å². The molecule has 0 radical (unpaired) electrons. The number of hydrogen-bond donors (Lipinski definition) is 0. The number of allylic oxidation sites excluding steroid dienone is 2. The van der Waals surface area contributed by atoms with E-state index in [2.05, 4.69) is 37.3 Å². The van der Waals surface area contributed by atoms with Crippen molar-refractivity contribution in [3.05, 3.63) is 23.8 Å². The summed E-state index contributed by atoms with van der Waals surface area (Å²) in [5.74, 6) is 10.3. The second-order valence-electron chi connectivity index (χ2n) is 8.00. The second kappa shape index (κ2) is 5.03. The summed E-state index contributed by atoms with van der Waals surface area (Å²) in [5.41, 5.74) is 2.53. The Morgan fingerprint density at radius 2 is 2.22 bits per heavy atom. The molecule has 2 saturated carbocycles. The first-order valence-electron chi connectivity index (χ1n) is 9.09. The van der Waals surface area contributed by atoms with Crippen molar-refractivity contribution in [1.82, 2.24) is 0 Å². The monoisotopic (exact) mass is 306 g/mol. The summed E-state index contributed by atoms with van der Waals surface area (Å²) < 4.78 is 6.17. The van der Waals surface area contributed by atoms with Crippen molar-refractivity contribution in [2.75, 3.05) is 6.61 Å². The highest BCUT2D eigenvalue weighted by molar-refractivity contribution is 5.44. The molecule has 0 amide bonds. The summed E-state index contributed by atoms with van der Waals surface area (Å²) in [6.07, 6.45) is 17.2. The third kappa shape index (κ3) is 1.93. The van der Waals surface area contributed by atoms with Crippen LogP contribution in [0.4, 0.5) is 0 Å². The van der Waals surface area contributed by atoms with E-state index in [1.807, 2.05) is 0 Å². The molecule has 1 aliphatic heterocycles. The highest BCUT2D eigenvalue weighted by Gasteiger charge is 2.58. The van der Waals surface area contributed by atoms with Gasteiger partial charge in [0.1, 0.15) is 5.60 Å². The van der Waals surface area contributed by atoms with Crippen molar-refractivity contribution < 1.29 is 4.74 Å². The van der Waals surface area contributed by atoms with Crippen LogP contribution in [0.2, 0.25) is 0 Å². The van der Waals surface area contributed by atoms with Crippen LogP contribution in [-0.2, 0) is 4.74 Å². The van der Waals surface area contributed by atoms with Gasteiger partial charge in [0.2, 0.25) is 0 Å². The Morgan fingerprint density at radius 1 is 1.35 bits per heavy atom. The van der Waals surface area contributed by atoms with Crippen molar-refractivity contribution in [2.24, 2.45) is 16.7 Å². The molecule has 0 saturated heterocycles. The molecule has 0 aromatic heterocycles. The largest absolute Gasteiger partial charge is 0.357 e. The Kier molecular flexibility index (Phi) is 3.30. The van der Waals surface area contributed by atoms with Crippen LogP contribution in [0.15, 0.2) is 23.8 Å². The first-order valence-corrected chi connectivity index (χ1v) is 9.09. The molecule has 1 nitrogen and oxygen atoms in total. The average Bonchev–Trinajstić information content (AvgIpc) is 2.60. The highest BCUT2D eigenvalue weighted by atomic mass is 16.5. The molecule has 1 unspecified atom stereocenters. The van der Waals surface area contributed by atoms with E-state index in [1.54, 1.807) is 0 Å². The first-order chi connectivity index (χ1) is 11.1. The fourth-order valence-corrected chi connectivity index (χ4v) is 5.71. The molecule has 0 N–H and O–H groups in total. The van der Waals surface area contributed by atoms with Crippen LogP contribution >= 0.6 is 0 Å². The molecule has 23 heavy (non-hydrogen) atoms. The third-order valence-electron chi connectivity index (χ3n) is 6.99. The molecule has 4 aliphatic rings. The number of fused-ring (bicyclic) bond motifs is 3. The minimum Gasteiger partial charge on any atom is -0.357 e. The maximum absolute atomic E-state index is 6.17. The first kappa shape index (κ1) is 15.1. The molecular formula is C22H26O. The van der Waals surface area contributed by atoms with Crippen molar-refractivity contribution in [3.63, 3.8) is 0 Å². The van der Waals surface area contributed by atoms with Gasteiger partial charge in [0, 0.05) is 6.42 Å². The summed E-state index contributed by atoms with van der Waals surface area (Å²) in [4.78, 5) is 0. The summed E-state index contributed by atoms with van der Waals surface area (Å²) in [6.45, 7) is 7.67. The van der Waals surface area contributed by atoms with E-state index in [9.17, 15) is 0 Å². The SMILES string of the molecule is C#C[C@]12CCCC=C1[C@@]1(C)CCC3(C#CCCO3)C(=C)[C@@H]1CC2. The third-order valence-corrected chi connectivity index (χ3v) is 6.99.